The van der Waals surface area contributed by atoms with E-state index in [4.69, 9.17) is 14.2 Å². The van der Waals surface area contributed by atoms with E-state index in [0.29, 0.717) is 19.3 Å². The largest absolute Gasteiger partial charge is 0.462 e. The number of hydrogen-bond acceptors (Lipinski definition) is 6. The molecule has 0 saturated heterocycles. The summed E-state index contributed by atoms with van der Waals surface area (Å²) < 4.78 is 16.8. The van der Waals surface area contributed by atoms with Crippen molar-refractivity contribution in [2.75, 3.05) is 13.2 Å². The van der Waals surface area contributed by atoms with Gasteiger partial charge in [-0.15, -0.1) is 0 Å². The van der Waals surface area contributed by atoms with Gasteiger partial charge < -0.3 is 14.2 Å². The fraction of sp³-hybridized carbons (Fsp3) is 0.810. The van der Waals surface area contributed by atoms with Crippen LogP contribution in [0.4, 0.5) is 0 Å². The molecule has 0 saturated carbocycles. The summed E-state index contributed by atoms with van der Waals surface area (Å²) in [6.45, 7) is 6.59. The number of esters is 3. The van der Waals surface area contributed by atoms with Crippen LogP contribution in [-0.4, -0.2) is 37.2 Å². The Balaban J connectivity index is 4.38. The first-order valence-electron chi connectivity index (χ1n) is 27.7. The number of rotatable bonds is 50. The lowest BCUT2D eigenvalue weighted by atomic mass is 10.0. The van der Waals surface area contributed by atoms with Crippen LogP contribution in [-0.2, 0) is 28.6 Å². The topological polar surface area (TPSA) is 78.9 Å². The normalized spacial score (nSPS) is 12.4. The monoisotopic (exact) mass is 897 g/mol. The van der Waals surface area contributed by atoms with E-state index in [1.165, 1.54) is 167 Å². The summed E-state index contributed by atoms with van der Waals surface area (Å²) in [7, 11) is 0. The molecular weight excluding hydrogens is 793 g/mol. The van der Waals surface area contributed by atoms with Crippen molar-refractivity contribution in [2.24, 2.45) is 0 Å². The second-order valence-electron chi connectivity index (χ2n) is 18.5. The molecule has 372 valence electrons. The van der Waals surface area contributed by atoms with Crippen LogP contribution in [0.1, 0.15) is 284 Å². The van der Waals surface area contributed by atoms with Gasteiger partial charge in [0, 0.05) is 19.3 Å². The molecule has 64 heavy (non-hydrogen) atoms. The van der Waals surface area contributed by atoms with E-state index in [9.17, 15) is 14.4 Å². The van der Waals surface area contributed by atoms with Crippen LogP contribution in [0, 0.1) is 0 Å². The van der Waals surface area contributed by atoms with Gasteiger partial charge >= 0.3 is 17.9 Å². The second kappa shape index (κ2) is 53.0. The molecule has 0 fully saturated rings. The molecule has 0 amide bonds. The molecule has 0 spiro atoms. The average molecular weight is 897 g/mol. The van der Waals surface area contributed by atoms with Crippen molar-refractivity contribution in [1.29, 1.82) is 0 Å². The van der Waals surface area contributed by atoms with E-state index in [1.807, 2.05) is 0 Å². The van der Waals surface area contributed by atoms with E-state index in [1.54, 1.807) is 0 Å². The molecule has 6 heteroatoms. The molecule has 0 bridgehead atoms. The van der Waals surface area contributed by atoms with Gasteiger partial charge in [-0.1, -0.05) is 236 Å². The van der Waals surface area contributed by atoms with E-state index in [0.717, 1.165) is 77.0 Å². The first kappa shape index (κ1) is 61.4. The Hall–Kier alpha value is -2.63. The van der Waals surface area contributed by atoms with Gasteiger partial charge in [0.25, 0.3) is 0 Å². The predicted octanol–water partition coefficient (Wildman–Crippen LogP) is 18.3. The molecular formula is C58H104O6. The van der Waals surface area contributed by atoms with E-state index < -0.39 is 6.10 Å². The summed E-state index contributed by atoms with van der Waals surface area (Å²) in [5.41, 5.74) is 0. The SMILES string of the molecule is CCCCC/C=C\C=C/CCCCCCCCC(=O)OC(COC(=O)CCCCCCCCC/C=C\C/C=C\CCCCC)COC(=O)CCCCCCCCCCCCCCCC. The Labute approximate surface area is 397 Å². The van der Waals surface area contributed by atoms with Gasteiger partial charge in [0.1, 0.15) is 13.2 Å². The van der Waals surface area contributed by atoms with Crippen molar-refractivity contribution in [2.45, 2.75) is 290 Å². The molecule has 0 aromatic rings. The number of ether oxygens (including phenoxy) is 3. The van der Waals surface area contributed by atoms with E-state index >= 15 is 0 Å². The maximum Gasteiger partial charge on any atom is 0.306 e. The zero-order chi connectivity index (χ0) is 46.5. The summed E-state index contributed by atoms with van der Waals surface area (Å²) >= 11 is 0. The minimum absolute atomic E-state index is 0.0779. The van der Waals surface area contributed by atoms with Gasteiger partial charge in [-0.3, -0.25) is 14.4 Å². The van der Waals surface area contributed by atoms with Crippen molar-refractivity contribution < 1.29 is 28.6 Å². The van der Waals surface area contributed by atoms with Crippen molar-refractivity contribution >= 4 is 17.9 Å². The van der Waals surface area contributed by atoms with Crippen molar-refractivity contribution in [1.82, 2.24) is 0 Å². The third kappa shape index (κ3) is 50.4. The molecule has 0 aromatic heterocycles. The lowest BCUT2D eigenvalue weighted by molar-refractivity contribution is -0.167. The Morgan fingerprint density at radius 2 is 0.609 bits per heavy atom. The molecule has 6 nitrogen and oxygen atoms in total. The zero-order valence-corrected chi connectivity index (χ0v) is 42.6. The van der Waals surface area contributed by atoms with Crippen LogP contribution in [0.15, 0.2) is 48.6 Å². The first-order chi connectivity index (χ1) is 31.5. The predicted molar refractivity (Wildman–Crippen MR) is 275 cm³/mol. The Morgan fingerprint density at radius 1 is 0.328 bits per heavy atom. The van der Waals surface area contributed by atoms with Crippen molar-refractivity contribution in [3.63, 3.8) is 0 Å². The number of carbonyl (C=O) groups is 3. The van der Waals surface area contributed by atoms with Crippen LogP contribution in [0.5, 0.6) is 0 Å². The number of unbranched alkanes of at least 4 members (excludes halogenated alkanes) is 32. The average Bonchev–Trinajstić information content (AvgIpc) is 3.29. The van der Waals surface area contributed by atoms with Gasteiger partial charge in [0.2, 0.25) is 0 Å². The third-order valence-electron chi connectivity index (χ3n) is 12.1. The smallest absolute Gasteiger partial charge is 0.306 e. The molecule has 0 aliphatic heterocycles. The minimum Gasteiger partial charge on any atom is -0.462 e. The molecule has 0 N–H and O–H groups in total. The second-order valence-corrected chi connectivity index (χ2v) is 18.5. The minimum atomic E-state index is -0.780. The highest BCUT2D eigenvalue weighted by molar-refractivity contribution is 5.71. The van der Waals surface area contributed by atoms with Gasteiger partial charge in [0.05, 0.1) is 0 Å². The standard InChI is InChI=1S/C58H104O6/c1-4-7-10-13-16-19-22-25-28-29-31-33-36-39-42-45-48-51-57(60)63-54-55(53-62-56(59)50-47-44-41-38-35-32-27-24-21-18-15-12-9-6-3)64-58(61)52-49-46-43-40-37-34-30-26-23-20-17-14-11-8-5-2/h16-17,19-20,23,25-26,28,55H,4-15,18,21-22,24,27,29-54H2,1-3H3/b19-16-,20-17-,26-23-,28-25-. The van der Waals surface area contributed by atoms with E-state index in [2.05, 4.69) is 69.4 Å². The summed E-state index contributed by atoms with van der Waals surface area (Å²) in [5, 5.41) is 0. The molecule has 0 rings (SSSR count). The molecule has 0 heterocycles. The molecule has 0 aliphatic carbocycles. The van der Waals surface area contributed by atoms with Gasteiger partial charge in [0.15, 0.2) is 6.10 Å². The summed E-state index contributed by atoms with van der Waals surface area (Å²) in [5.74, 6) is -0.886. The molecule has 0 radical (unpaired) electrons. The van der Waals surface area contributed by atoms with Crippen LogP contribution < -0.4 is 0 Å². The quantitative estimate of drug-likeness (QED) is 0.0199. The Kier molecular flexibility index (Phi) is 50.8. The van der Waals surface area contributed by atoms with Crippen LogP contribution in [0.25, 0.3) is 0 Å². The Bertz CT molecular complexity index is 1120. The van der Waals surface area contributed by atoms with Gasteiger partial charge in [-0.2, -0.15) is 0 Å². The van der Waals surface area contributed by atoms with Crippen molar-refractivity contribution in [3.8, 4) is 0 Å². The number of allylic oxidation sites excluding steroid dienone is 8. The number of carbonyl (C=O) groups excluding carboxylic acids is 3. The first-order valence-corrected chi connectivity index (χ1v) is 27.7. The summed E-state index contributed by atoms with van der Waals surface area (Å²) in [6, 6.07) is 0. The highest BCUT2D eigenvalue weighted by Gasteiger charge is 2.19. The maximum absolute atomic E-state index is 12.8. The van der Waals surface area contributed by atoms with Crippen molar-refractivity contribution in [3.05, 3.63) is 48.6 Å². The van der Waals surface area contributed by atoms with Crippen LogP contribution >= 0.6 is 0 Å². The summed E-state index contributed by atoms with van der Waals surface area (Å²) in [4.78, 5) is 38.1. The van der Waals surface area contributed by atoms with Gasteiger partial charge in [-0.05, 0) is 77.0 Å². The zero-order valence-electron chi connectivity index (χ0n) is 42.6. The lowest BCUT2D eigenvalue weighted by Gasteiger charge is -2.18. The van der Waals surface area contributed by atoms with Crippen LogP contribution in [0.2, 0.25) is 0 Å². The number of hydrogen-bond donors (Lipinski definition) is 0. The Morgan fingerprint density at radius 3 is 0.984 bits per heavy atom. The highest BCUT2D eigenvalue weighted by Crippen LogP contribution is 2.16. The molecule has 0 aromatic carbocycles. The molecule has 1 atom stereocenters. The maximum atomic E-state index is 12.8. The van der Waals surface area contributed by atoms with Gasteiger partial charge in [-0.25, -0.2) is 0 Å². The molecule has 1 unspecified atom stereocenters. The fourth-order valence-electron chi connectivity index (χ4n) is 7.88. The molecule has 0 aliphatic rings. The van der Waals surface area contributed by atoms with Crippen LogP contribution in [0.3, 0.4) is 0 Å². The van der Waals surface area contributed by atoms with E-state index in [-0.39, 0.29) is 31.1 Å². The fourth-order valence-corrected chi connectivity index (χ4v) is 7.88. The lowest BCUT2D eigenvalue weighted by Crippen LogP contribution is -2.30. The summed E-state index contributed by atoms with van der Waals surface area (Å²) in [6.07, 6.45) is 63.7. The highest BCUT2D eigenvalue weighted by atomic mass is 16.6. The third-order valence-corrected chi connectivity index (χ3v) is 12.1.